The van der Waals surface area contributed by atoms with Crippen LogP contribution in [-0.4, -0.2) is 17.6 Å². The van der Waals surface area contributed by atoms with Crippen LogP contribution in [0.5, 0.6) is 5.75 Å². The highest BCUT2D eigenvalue weighted by atomic mass is 32.2. The van der Waals surface area contributed by atoms with Crippen LogP contribution in [-0.2, 0) is 11.3 Å². The zero-order valence-electron chi connectivity index (χ0n) is 15.5. The van der Waals surface area contributed by atoms with Crippen molar-refractivity contribution in [1.29, 1.82) is 0 Å². The maximum atomic E-state index is 12.7. The molecule has 0 atom stereocenters. The van der Waals surface area contributed by atoms with Gasteiger partial charge >= 0.3 is 0 Å². The minimum Gasteiger partial charge on any atom is -0.497 e. The Morgan fingerprint density at radius 1 is 1.00 bits per heavy atom. The van der Waals surface area contributed by atoms with Crippen molar-refractivity contribution in [2.24, 2.45) is 0 Å². The molecule has 4 aromatic rings. The van der Waals surface area contributed by atoms with E-state index in [1.54, 1.807) is 18.9 Å². The molecule has 1 amide bonds. The summed E-state index contributed by atoms with van der Waals surface area (Å²) in [6, 6.07) is 25.8. The van der Waals surface area contributed by atoms with Crippen molar-refractivity contribution in [2.75, 3.05) is 12.4 Å². The predicted molar refractivity (Wildman–Crippen MR) is 114 cm³/mol. The molecule has 0 aliphatic rings. The van der Waals surface area contributed by atoms with Crippen LogP contribution >= 0.6 is 11.8 Å². The molecule has 5 heteroatoms. The number of carbonyl (C=O) groups is 1. The second-order valence-electron chi connectivity index (χ2n) is 6.33. The number of anilines is 1. The number of nitrogens with zero attached hydrogens (tertiary/aromatic N) is 1. The van der Waals surface area contributed by atoms with E-state index < -0.39 is 0 Å². The van der Waals surface area contributed by atoms with Gasteiger partial charge in [0.15, 0.2) is 0 Å². The number of hydrogen-bond donors (Lipinski definition) is 1. The summed E-state index contributed by atoms with van der Waals surface area (Å²) in [5.41, 5.74) is 1.82. The van der Waals surface area contributed by atoms with Crippen LogP contribution in [0, 0.1) is 0 Å². The lowest BCUT2D eigenvalue weighted by Crippen LogP contribution is -2.18. The molecule has 0 saturated carbocycles. The zero-order chi connectivity index (χ0) is 19.3. The highest BCUT2D eigenvalue weighted by Crippen LogP contribution is 2.33. The molecule has 0 fully saturated rings. The number of methoxy groups -OCH3 is 1. The second-order valence-corrected chi connectivity index (χ2v) is 7.44. The van der Waals surface area contributed by atoms with Crippen molar-refractivity contribution in [3.8, 4) is 5.75 Å². The average Bonchev–Trinajstić information content (AvgIpc) is 3.12. The monoisotopic (exact) mass is 388 g/mol. The van der Waals surface area contributed by atoms with Crippen LogP contribution in [0.2, 0.25) is 0 Å². The molecule has 0 aliphatic carbocycles. The molecule has 4 nitrogen and oxygen atoms in total. The van der Waals surface area contributed by atoms with E-state index in [2.05, 4.69) is 17.4 Å². The molecule has 3 aromatic carbocycles. The molecule has 0 saturated heterocycles. The summed E-state index contributed by atoms with van der Waals surface area (Å²) in [4.78, 5) is 14.8. The second kappa shape index (κ2) is 8.23. The number of carbonyl (C=O) groups excluding carboxylic acids is 1. The molecule has 4 rings (SSSR count). The Morgan fingerprint density at radius 3 is 2.61 bits per heavy atom. The van der Waals surface area contributed by atoms with Crippen molar-refractivity contribution in [1.82, 2.24) is 4.57 Å². The fourth-order valence-electron chi connectivity index (χ4n) is 3.06. The average molecular weight is 388 g/mol. The first-order chi connectivity index (χ1) is 13.7. The molecule has 140 valence electrons. The van der Waals surface area contributed by atoms with Gasteiger partial charge in [0.05, 0.1) is 12.8 Å². The standard InChI is InChI=1S/C23H20N2O2S/c1-27-18-11-12-21-17(15-18)13-14-25(21)16-23(26)24-20-9-5-6-10-22(20)28-19-7-3-2-4-8-19/h2-15H,16H2,1H3,(H,24,26). The van der Waals surface area contributed by atoms with Gasteiger partial charge in [-0.3, -0.25) is 4.79 Å². The normalized spacial score (nSPS) is 10.8. The number of hydrogen-bond acceptors (Lipinski definition) is 3. The first-order valence-electron chi connectivity index (χ1n) is 8.97. The van der Waals surface area contributed by atoms with Crippen molar-refractivity contribution in [3.63, 3.8) is 0 Å². The quantitative estimate of drug-likeness (QED) is 0.478. The van der Waals surface area contributed by atoms with Crippen LogP contribution in [0.15, 0.2) is 94.9 Å². The van der Waals surface area contributed by atoms with E-state index in [0.29, 0.717) is 0 Å². The molecule has 0 unspecified atom stereocenters. The lowest BCUT2D eigenvalue weighted by molar-refractivity contribution is -0.116. The first kappa shape index (κ1) is 18.2. The minimum absolute atomic E-state index is 0.0607. The number of rotatable bonds is 6. The molecular weight excluding hydrogens is 368 g/mol. The molecule has 0 spiro atoms. The Labute approximate surface area is 168 Å². The van der Waals surface area contributed by atoms with Crippen LogP contribution in [0.1, 0.15) is 0 Å². The summed E-state index contributed by atoms with van der Waals surface area (Å²) >= 11 is 1.64. The van der Waals surface area contributed by atoms with Gasteiger partial charge in [-0.1, -0.05) is 42.1 Å². The molecule has 1 N–H and O–H groups in total. The number of para-hydroxylation sites is 1. The summed E-state index contributed by atoms with van der Waals surface area (Å²) in [6.07, 6.45) is 1.92. The van der Waals surface area contributed by atoms with Crippen molar-refractivity contribution in [3.05, 3.63) is 85.1 Å². The summed E-state index contributed by atoms with van der Waals surface area (Å²) in [7, 11) is 1.65. The number of benzene rings is 3. The Morgan fingerprint density at radius 2 is 1.79 bits per heavy atom. The van der Waals surface area contributed by atoms with E-state index in [9.17, 15) is 4.79 Å². The SMILES string of the molecule is COc1ccc2c(ccn2CC(=O)Nc2ccccc2Sc2ccccc2)c1. The van der Waals surface area contributed by atoms with Gasteiger partial charge in [0, 0.05) is 26.9 Å². The van der Waals surface area contributed by atoms with Crippen LogP contribution in [0.25, 0.3) is 10.9 Å². The fraction of sp³-hybridized carbons (Fsp3) is 0.0870. The maximum absolute atomic E-state index is 12.7. The van der Waals surface area contributed by atoms with Crippen LogP contribution in [0.3, 0.4) is 0 Å². The number of amides is 1. The summed E-state index contributed by atoms with van der Waals surface area (Å²) < 4.78 is 7.20. The molecular formula is C23H20N2O2S. The molecule has 0 aliphatic heterocycles. The molecule has 1 aromatic heterocycles. The third kappa shape index (κ3) is 4.05. The largest absolute Gasteiger partial charge is 0.497 e. The van der Waals surface area contributed by atoms with Gasteiger partial charge in [0.2, 0.25) is 5.91 Å². The summed E-state index contributed by atoms with van der Waals surface area (Å²) in [6.45, 7) is 0.250. The number of fused-ring (bicyclic) bond motifs is 1. The van der Waals surface area contributed by atoms with E-state index in [1.807, 2.05) is 77.5 Å². The number of nitrogens with one attached hydrogen (secondary N) is 1. The van der Waals surface area contributed by atoms with E-state index >= 15 is 0 Å². The smallest absolute Gasteiger partial charge is 0.244 e. The van der Waals surface area contributed by atoms with E-state index in [0.717, 1.165) is 32.1 Å². The van der Waals surface area contributed by atoms with Gasteiger partial charge < -0.3 is 14.6 Å². The van der Waals surface area contributed by atoms with Gasteiger partial charge in [-0.25, -0.2) is 0 Å². The number of aromatic nitrogens is 1. The molecule has 0 radical (unpaired) electrons. The number of ether oxygens (including phenoxy) is 1. The Kier molecular flexibility index (Phi) is 5.35. The van der Waals surface area contributed by atoms with Gasteiger partial charge in [-0.15, -0.1) is 0 Å². The first-order valence-corrected chi connectivity index (χ1v) is 9.79. The summed E-state index contributed by atoms with van der Waals surface area (Å²) in [5, 5.41) is 4.10. The Bertz CT molecular complexity index is 1110. The lowest BCUT2D eigenvalue weighted by atomic mass is 10.2. The highest BCUT2D eigenvalue weighted by Gasteiger charge is 2.10. The summed E-state index contributed by atoms with van der Waals surface area (Å²) in [5.74, 6) is 0.746. The van der Waals surface area contributed by atoms with Crippen molar-refractivity contribution >= 4 is 34.3 Å². The predicted octanol–water partition coefficient (Wildman–Crippen LogP) is 5.44. The van der Waals surface area contributed by atoms with Gasteiger partial charge in [0.25, 0.3) is 0 Å². The third-order valence-corrected chi connectivity index (χ3v) is 5.51. The van der Waals surface area contributed by atoms with Crippen LogP contribution < -0.4 is 10.1 Å². The molecule has 1 heterocycles. The van der Waals surface area contributed by atoms with Crippen molar-refractivity contribution in [2.45, 2.75) is 16.3 Å². The topological polar surface area (TPSA) is 43.3 Å². The molecule has 28 heavy (non-hydrogen) atoms. The minimum atomic E-state index is -0.0607. The highest BCUT2D eigenvalue weighted by molar-refractivity contribution is 7.99. The van der Waals surface area contributed by atoms with E-state index in [-0.39, 0.29) is 12.5 Å². The van der Waals surface area contributed by atoms with Crippen molar-refractivity contribution < 1.29 is 9.53 Å². The third-order valence-electron chi connectivity index (χ3n) is 4.42. The van der Waals surface area contributed by atoms with E-state index in [1.165, 1.54) is 0 Å². The lowest BCUT2D eigenvalue weighted by Gasteiger charge is -2.12. The van der Waals surface area contributed by atoms with E-state index in [4.69, 9.17) is 4.74 Å². The maximum Gasteiger partial charge on any atom is 0.244 e. The van der Waals surface area contributed by atoms with Gasteiger partial charge in [0.1, 0.15) is 12.3 Å². The Hall–Kier alpha value is -3.18. The zero-order valence-corrected chi connectivity index (χ0v) is 16.3. The Balaban J connectivity index is 1.50. The van der Waals surface area contributed by atoms with Crippen LogP contribution in [0.4, 0.5) is 5.69 Å². The van der Waals surface area contributed by atoms with Gasteiger partial charge in [-0.2, -0.15) is 0 Å². The molecule has 0 bridgehead atoms. The van der Waals surface area contributed by atoms with Gasteiger partial charge in [-0.05, 0) is 48.5 Å². The fourth-order valence-corrected chi connectivity index (χ4v) is 3.98.